The van der Waals surface area contributed by atoms with E-state index in [-0.39, 0.29) is 11.2 Å². The second-order valence-corrected chi connectivity index (χ2v) is 5.78. The summed E-state index contributed by atoms with van der Waals surface area (Å²) >= 11 is 0. The highest BCUT2D eigenvalue weighted by Crippen LogP contribution is 2.34. The summed E-state index contributed by atoms with van der Waals surface area (Å²) in [5, 5.41) is 9.42. The third-order valence-corrected chi connectivity index (χ3v) is 4.00. The van der Waals surface area contributed by atoms with Gasteiger partial charge in [-0.05, 0) is 18.6 Å². The van der Waals surface area contributed by atoms with E-state index in [9.17, 15) is 5.26 Å². The maximum absolute atomic E-state index is 9.42. The molecule has 2 heterocycles. The minimum absolute atomic E-state index is 0.122. The number of anilines is 1. The summed E-state index contributed by atoms with van der Waals surface area (Å²) in [5.41, 5.74) is 8.64. The standard InChI is InChI=1S/C17H20N4O/c1-5-17(2,3)15-7-13(14(8-18)16(19)21-15)11-6-12(22-4)10-20-9-11/h6-7,9-10H,5H2,1-4H3,(H2,19,21). The molecule has 114 valence electrons. The molecule has 5 nitrogen and oxygen atoms in total. The van der Waals surface area contributed by atoms with Gasteiger partial charge in [-0.2, -0.15) is 5.26 Å². The predicted octanol–water partition coefficient (Wildman–Crippen LogP) is 3.29. The molecule has 0 spiro atoms. The number of aromatic nitrogens is 2. The molecule has 0 amide bonds. The summed E-state index contributed by atoms with van der Waals surface area (Å²) in [4.78, 5) is 8.57. The molecule has 2 aromatic rings. The van der Waals surface area contributed by atoms with Crippen molar-refractivity contribution in [1.82, 2.24) is 9.97 Å². The van der Waals surface area contributed by atoms with Gasteiger partial charge in [0.2, 0.25) is 0 Å². The van der Waals surface area contributed by atoms with Crippen LogP contribution in [-0.2, 0) is 5.41 Å². The normalized spacial score (nSPS) is 11.0. The van der Waals surface area contributed by atoms with Crippen LogP contribution in [0.3, 0.4) is 0 Å². The number of ether oxygens (including phenoxy) is 1. The molecule has 5 heteroatoms. The van der Waals surface area contributed by atoms with Gasteiger partial charge in [0.05, 0.1) is 13.3 Å². The molecule has 0 saturated carbocycles. The lowest BCUT2D eigenvalue weighted by molar-refractivity contribution is 0.413. The van der Waals surface area contributed by atoms with Crippen LogP contribution in [0.15, 0.2) is 24.5 Å². The topological polar surface area (TPSA) is 84.8 Å². The highest BCUT2D eigenvalue weighted by atomic mass is 16.5. The zero-order valence-electron chi connectivity index (χ0n) is 13.3. The number of hydrogen-bond acceptors (Lipinski definition) is 5. The molecule has 0 atom stereocenters. The smallest absolute Gasteiger partial charge is 0.142 e. The van der Waals surface area contributed by atoms with E-state index in [1.807, 2.05) is 12.1 Å². The van der Waals surface area contributed by atoms with Crippen LogP contribution in [0.25, 0.3) is 11.1 Å². The molecule has 0 saturated heterocycles. The molecule has 0 aliphatic heterocycles. The van der Waals surface area contributed by atoms with E-state index in [0.29, 0.717) is 11.3 Å². The van der Waals surface area contributed by atoms with Gasteiger partial charge in [-0.15, -0.1) is 0 Å². The average molecular weight is 296 g/mol. The van der Waals surface area contributed by atoms with E-state index in [1.165, 1.54) is 0 Å². The monoisotopic (exact) mass is 296 g/mol. The molecule has 0 aliphatic rings. The molecule has 2 rings (SSSR count). The zero-order valence-corrected chi connectivity index (χ0v) is 13.3. The Labute approximate surface area is 130 Å². The first-order valence-electron chi connectivity index (χ1n) is 7.13. The van der Waals surface area contributed by atoms with Crippen LogP contribution < -0.4 is 10.5 Å². The van der Waals surface area contributed by atoms with Crippen molar-refractivity contribution in [3.05, 3.63) is 35.8 Å². The molecule has 2 N–H and O–H groups in total. The van der Waals surface area contributed by atoms with Crippen LogP contribution in [0.4, 0.5) is 5.82 Å². The summed E-state index contributed by atoms with van der Waals surface area (Å²) in [5.74, 6) is 0.882. The van der Waals surface area contributed by atoms with Crippen LogP contribution in [-0.4, -0.2) is 17.1 Å². The van der Waals surface area contributed by atoms with Crippen molar-refractivity contribution in [2.75, 3.05) is 12.8 Å². The van der Waals surface area contributed by atoms with Gasteiger partial charge in [-0.1, -0.05) is 20.8 Å². The minimum Gasteiger partial charge on any atom is -0.495 e. The van der Waals surface area contributed by atoms with Crippen molar-refractivity contribution in [1.29, 1.82) is 5.26 Å². The highest BCUT2D eigenvalue weighted by molar-refractivity contribution is 5.76. The van der Waals surface area contributed by atoms with Gasteiger partial charge in [0.15, 0.2) is 0 Å². The van der Waals surface area contributed by atoms with Crippen LogP contribution in [0, 0.1) is 11.3 Å². The molecule has 2 aromatic heterocycles. The third kappa shape index (κ3) is 2.86. The SMILES string of the molecule is CCC(C)(C)c1cc(-c2cncc(OC)c2)c(C#N)c(N)n1. The Morgan fingerprint density at radius 2 is 2.05 bits per heavy atom. The van der Waals surface area contributed by atoms with Crippen LogP contribution in [0.5, 0.6) is 5.75 Å². The van der Waals surface area contributed by atoms with Gasteiger partial charge in [0.1, 0.15) is 23.2 Å². The van der Waals surface area contributed by atoms with E-state index in [1.54, 1.807) is 19.5 Å². The number of hydrogen-bond donors (Lipinski definition) is 1. The lowest BCUT2D eigenvalue weighted by Crippen LogP contribution is -2.19. The predicted molar refractivity (Wildman–Crippen MR) is 86.5 cm³/mol. The van der Waals surface area contributed by atoms with Gasteiger partial charge in [0, 0.05) is 28.4 Å². The number of nitrogen functional groups attached to an aromatic ring is 1. The fraction of sp³-hybridized carbons (Fsp3) is 0.353. The van der Waals surface area contributed by atoms with E-state index in [2.05, 4.69) is 36.8 Å². The highest BCUT2D eigenvalue weighted by Gasteiger charge is 2.23. The second-order valence-electron chi connectivity index (χ2n) is 5.78. The molecule has 0 radical (unpaired) electrons. The fourth-order valence-corrected chi connectivity index (χ4v) is 2.12. The van der Waals surface area contributed by atoms with Crippen molar-refractivity contribution >= 4 is 5.82 Å². The van der Waals surface area contributed by atoms with Gasteiger partial charge in [-0.25, -0.2) is 4.98 Å². The summed E-state index contributed by atoms with van der Waals surface area (Å²) in [7, 11) is 1.58. The second kappa shape index (κ2) is 6.02. The van der Waals surface area contributed by atoms with Gasteiger partial charge < -0.3 is 10.5 Å². The Morgan fingerprint density at radius 3 is 2.64 bits per heavy atom. The molecule has 0 aliphatic carbocycles. The maximum Gasteiger partial charge on any atom is 0.142 e. The van der Waals surface area contributed by atoms with E-state index < -0.39 is 0 Å². The first kappa shape index (κ1) is 15.8. The molecule has 0 unspecified atom stereocenters. The number of nitrogens with zero attached hydrogens (tertiary/aromatic N) is 3. The van der Waals surface area contributed by atoms with Crippen molar-refractivity contribution in [2.45, 2.75) is 32.6 Å². The molecule has 0 fully saturated rings. The number of methoxy groups -OCH3 is 1. The Balaban J connectivity index is 2.70. The van der Waals surface area contributed by atoms with Crippen LogP contribution in [0.2, 0.25) is 0 Å². The van der Waals surface area contributed by atoms with Gasteiger partial charge >= 0.3 is 0 Å². The van der Waals surface area contributed by atoms with Crippen molar-refractivity contribution < 1.29 is 4.74 Å². The molecular formula is C17H20N4O. The minimum atomic E-state index is -0.122. The molecule has 22 heavy (non-hydrogen) atoms. The number of nitrogens with two attached hydrogens (primary N) is 1. The van der Waals surface area contributed by atoms with Crippen LogP contribution >= 0.6 is 0 Å². The first-order valence-corrected chi connectivity index (χ1v) is 7.13. The van der Waals surface area contributed by atoms with Gasteiger partial charge in [-0.3, -0.25) is 4.98 Å². The Hall–Kier alpha value is -2.61. The first-order chi connectivity index (χ1) is 10.4. The average Bonchev–Trinajstić information content (AvgIpc) is 2.54. The summed E-state index contributed by atoms with van der Waals surface area (Å²) in [6, 6.07) is 5.90. The molecular weight excluding hydrogens is 276 g/mol. The third-order valence-electron chi connectivity index (χ3n) is 4.00. The van der Waals surface area contributed by atoms with Crippen molar-refractivity contribution in [3.63, 3.8) is 0 Å². The van der Waals surface area contributed by atoms with Gasteiger partial charge in [0.25, 0.3) is 0 Å². The zero-order chi connectivity index (χ0) is 16.3. The quantitative estimate of drug-likeness (QED) is 0.935. The molecule has 0 bridgehead atoms. The lowest BCUT2D eigenvalue weighted by atomic mass is 9.84. The molecule has 0 aromatic carbocycles. The lowest BCUT2D eigenvalue weighted by Gasteiger charge is -2.23. The van der Waals surface area contributed by atoms with E-state index in [4.69, 9.17) is 10.5 Å². The Kier molecular flexibility index (Phi) is 4.32. The largest absolute Gasteiger partial charge is 0.495 e. The number of pyridine rings is 2. The summed E-state index contributed by atoms with van der Waals surface area (Å²) < 4.78 is 5.21. The van der Waals surface area contributed by atoms with E-state index >= 15 is 0 Å². The van der Waals surface area contributed by atoms with Crippen molar-refractivity contribution in [3.8, 4) is 22.9 Å². The number of rotatable bonds is 4. The number of nitriles is 1. The Bertz CT molecular complexity index is 732. The Morgan fingerprint density at radius 1 is 1.32 bits per heavy atom. The van der Waals surface area contributed by atoms with Crippen molar-refractivity contribution in [2.24, 2.45) is 0 Å². The maximum atomic E-state index is 9.42. The summed E-state index contributed by atoms with van der Waals surface area (Å²) in [6.07, 6.45) is 4.24. The van der Waals surface area contributed by atoms with E-state index in [0.717, 1.165) is 23.2 Å². The fourth-order valence-electron chi connectivity index (χ4n) is 2.12. The summed E-state index contributed by atoms with van der Waals surface area (Å²) in [6.45, 7) is 6.31. The van der Waals surface area contributed by atoms with Crippen LogP contribution in [0.1, 0.15) is 38.4 Å².